The van der Waals surface area contributed by atoms with Crippen LogP contribution in [0.15, 0.2) is 43.0 Å². The molecule has 0 N–H and O–H groups in total. The fraction of sp³-hybridized carbons (Fsp3) is 0.600. The highest BCUT2D eigenvalue weighted by Gasteiger charge is 2.28. The Kier molecular flexibility index (Phi) is 6.96. The minimum Gasteiger partial charge on any atom is -0.103 e. The Morgan fingerprint density at radius 2 is 1.76 bits per heavy atom. The van der Waals surface area contributed by atoms with E-state index in [0.717, 1.165) is 30.6 Å². The van der Waals surface area contributed by atoms with E-state index >= 15 is 0 Å². The molecule has 0 aliphatic heterocycles. The van der Waals surface area contributed by atoms with Gasteiger partial charge in [0.15, 0.2) is 0 Å². The number of benzene rings is 1. The molecule has 1 unspecified atom stereocenters. The summed E-state index contributed by atoms with van der Waals surface area (Å²) in [6.07, 6.45) is 19.6. The highest BCUT2D eigenvalue weighted by molar-refractivity contribution is 5.66. The average molecular weight is 337 g/mol. The fourth-order valence-electron chi connectivity index (χ4n) is 5.06. The molecule has 0 nitrogen and oxygen atoms in total. The average Bonchev–Trinajstić information content (AvgIpc) is 2.68. The Bertz CT molecular complexity index is 554. The molecular weight excluding hydrogens is 300 g/mol. The van der Waals surface area contributed by atoms with Gasteiger partial charge < -0.3 is 0 Å². The van der Waals surface area contributed by atoms with Crippen LogP contribution in [0.4, 0.5) is 0 Å². The smallest absolute Gasteiger partial charge is 0.0228 e. The maximum Gasteiger partial charge on any atom is -0.0228 e. The Morgan fingerprint density at radius 1 is 1.00 bits per heavy atom. The van der Waals surface area contributed by atoms with Crippen molar-refractivity contribution in [3.8, 4) is 0 Å². The van der Waals surface area contributed by atoms with E-state index in [0.29, 0.717) is 0 Å². The quantitative estimate of drug-likeness (QED) is 0.450. The monoisotopic (exact) mass is 336 g/mol. The van der Waals surface area contributed by atoms with Crippen LogP contribution in [0.2, 0.25) is 0 Å². The minimum absolute atomic E-state index is 0.957. The van der Waals surface area contributed by atoms with Gasteiger partial charge in [-0.3, -0.25) is 0 Å². The molecule has 2 aliphatic rings. The molecule has 1 fully saturated rings. The standard InChI is InChI=1S/C25H36/c1-3-5-7-21-10-14-23(15-11-21)25-18-16-24(17-19-25)22-12-8-20(6-4-2)9-13-22/h3,10-11,14-15,18,20,22,24H,1,4-9,12-13,16-17,19H2,2H3. The third kappa shape index (κ3) is 5.09. The molecule has 0 radical (unpaired) electrons. The first-order chi connectivity index (χ1) is 12.3. The van der Waals surface area contributed by atoms with Gasteiger partial charge in [-0.25, -0.2) is 0 Å². The van der Waals surface area contributed by atoms with Gasteiger partial charge in [-0.15, -0.1) is 6.58 Å². The van der Waals surface area contributed by atoms with Crippen molar-refractivity contribution in [2.24, 2.45) is 17.8 Å². The summed E-state index contributed by atoms with van der Waals surface area (Å²) in [4.78, 5) is 0. The zero-order valence-corrected chi connectivity index (χ0v) is 16.2. The summed E-state index contributed by atoms with van der Waals surface area (Å²) in [6, 6.07) is 9.28. The predicted molar refractivity (Wildman–Crippen MR) is 111 cm³/mol. The molecule has 0 bridgehead atoms. The van der Waals surface area contributed by atoms with Gasteiger partial charge in [0.1, 0.15) is 0 Å². The van der Waals surface area contributed by atoms with Crippen molar-refractivity contribution in [2.45, 2.75) is 77.6 Å². The second-order valence-electron chi connectivity index (χ2n) is 8.36. The molecule has 0 aromatic heterocycles. The number of aryl methyl sites for hydroxylation is 1. The molecule has 1 saturated carbocycles. The lowest BCUT2D eigenvalue weighted by Gasteiger charge is -2.35. The largest absolute Gasteiger partial charge is 0.103 e. The summed E-state index contributed by atoms with van der Waals surface area (Å²) < 4.78 is 0. The van der Waals surface area contributed by atoms with E-state index in [1.807, 2.05) is 6.08 Å². The van der Waals surface area contributed by atoms with E-state index in [9.17, 15) is 0 Å². The lowest BCUT2D eigenvalue weighted by Crippen LogP contribution is -2.23. The fourth-order valence-corrected chi connectivity index (χ4v) is 5.06. The van der Waals surface area contributed by atoms with E-state index in [-0.39, 0.29) is 0 Å². The van der Waals surface area contributed by atoms with Crippen molar-refractivity contribution >= 4 is 5.57 Å². The Hall–Kier alpha value is -1.30. The molecule has 0 spiro atoms. The van der Waals surface area contributed by atoms with Gasteiger partial charge in [-0.1, -0.05) is 69.0 Å². The van der Waals surface area contributed by atoms with Crippen molar-refractivity contribution < 1.29 is 0 Å². The molecule has 25 heavy (non-hydrogen) atoms. The summed E-state index contributed by atoms with van der Waals surface area (Å²) in [7, 11) is 0. The van der Waals surface area contributed by atoms with Crippen molar-refractivity contribution in [1.29, 1.82) is 0 Å². The lowest BCUT2D eigenvalue weighted by molar-refractivity contribution is 0.189. The Morgan fingerprint density at radius 3 is 2.36 bits per heavy atom. The minimum atomic E-state index is 0.957. The summed E-state index contributed by atoms with van der Waals surface area (Å²) in [5.74, 6) is 3.00. The normalized spacial score (nSPS) is 26.9. The molecule has 1 aromatic carbocycles. The van der Waals surface area contributed by atoms with Crippen LogP contribution in [0, 0.1) is 17.8 Å². The van der Waals surface area contributed by atoms with Crippen LogP contribution in [0.3, 0.4) is 0 Å². The molecule has 0 heterocycles. The number of allylic oxidation sites excluding steroid dienone is 3. The second-order valence-corrected chi connectivity index (χ2v) is 8.36. The van der Waals surface area contributed by atoms with E-state index in [1.165, 1.54) is 68.9 Å². The number of hydrogen-bond donors (Lipinski definition) is 0. The first-order valence-electron chi connectivity index (χ1n) is 10.7. The van der Waals surface area contributed by atoms with Gasteiger partial charge >= 0.3 is 0 Å². The van der Waals surface area contributed by atoms with E-state index in [2.05, 4.69) is 43.8 Å². The predicted octanol–water partition coefficient (Wildman–Crippen LogP) is 7.60. The Balaban J connectivity index is 1.51. The topological polar surface area (TPSA) is 0 Å². The first-order valence-corrected chi connectivity index (χ1v) is 10.7. The van der Waals surface area contributed by atoms with E-state index in [1.54, 1.807) is 5.57 Å². The molecule has 2 aliphatic carbocycles. The Labute approximate surface area is 155 Å². The van der Waals surface area contributed by atoms with Crippen LogP contribution in [-0.2, 0) is 6.42 Å². The molecule has 0 amide bonds. The number of hydrogen-bond acceptors (Lipinski definition) is 0. The van der Waals surface area contributed by atoms with Crippen LogP contribution in [-0.4, -0.2) is 0 Å². The van der Waals surface area contributed by atoms with Gasteiger partial charge in [-0.2, -0.15) is 0 Å². The highest BCUT2D eigenvalue weighted by Crippen LogP contribution is 2.42. The van der Waals surface area contributed by atoms with Gasteiger partial charge in [0.25, 0.3) is 0 Å². The molecule has 0 heteroatoms. The molecule has 1 aromatic rings. The van der Waals surface area contributed by atoms with Crippen molar-refractivity contribution in [3.05, 3.63) is 54.1 Å². The molecule has 0 saturated heterocycles. The van der Waals surface area contributed by atoms with Crippen LogP contribution >= 0.6 is 0 Å². The SMILES string of the molecule is C=CCCc1ccc(C2=CCC(C3CCC(CCC)CC3)CC2)cc1. The van der Waals surface area contributed by atoms with Crippen LogP contribution in [0.25, 0.3) is 5.57 Å². The third-order valence-electron chi connectivity index (χ3n) is 6.67. The zero-order chi connectivity index (χ0) is 17.5. The van der Waals surface area contributed by atoms with Gasteiger partial charge in [-0.05, 0) is 79.4 Å². The maximum atomic E-state index is 3.82. The third-order valence-corrected chi connectivity index (χ3v) is 6.67. The maximum absolute atomic E-state index is 3.82. The molecular formula is C25H36. The van der Waals surface area contributed by atoms with Gasteiger partial charge in [0.2, 0.25) is 0 Å². The summed E-state index contributed by atoms with van der Waals surface area (Å²) in [6.45, 7) is 6.16. The number of rotatable bonds is 7. The molecule has 1 atom stereocenters. The molecule has 136 valence electrons. The van der Waals surface area contributed by atoms with E-state index in [4.69, 9.17) is 0 Å². The summed E-state index contributed by atoms with van der Waals surface area (Å²) >= 11 is 0. The highest BCUT2D eigenvalue weighted by atomic mass is 14.3. The van der Waals surface area contributed by atoms with Crippen molar-refractivity contribution in [2.75, 3.05) is 0 Å². The zero-order valence-electron chi connectivity index (χ0n) is 16.2. The summed E-state index contributed by atoms with van der Waals surface area (Å²) in [5.41, 5.74) is 4.47. The first kappa shape index (κ1) is 18.5. The van der Waals surface area contributed by atoms with Crippen LogP contribution < -0.4 is 0 Å². The van der Waals surface area contributed by atoms with Crippen LogP contribution in [0.1, 0.15) is 82.3 Å². The van der Waals surface area contributed by atoms with Gasteiger partial charge in [0, 0.05) is 0 Å². The summed E-state index contributed by atoms with van der Waals surface area (Å²) in [5, 5.41) is 0. The van der Waals surface area contributed by atoms with Crippen molar-refractivity contribution in [1.82, 2.24) is 0 Å². The van der Waals surface area contributed by atoms with E-state index < -0.39 is 0 Å². The lowest BCUT2D eigenvalue weighted by atomic mass is 9.70. The molecule has 3 rings (SSSR count). The van der Waals surface area contributed by atoms with Crippen molar-refractivity contribution in [3.63, 3.8) is 0 Å². The second kappa shape index (κ2) is 9.41. The van der Waals surface area contributed by atoms with Gasteiger partial charge in [0.05, 0.1) is 0 Å². The van der Waals surface area contributed by atoms with Crippen LogP contribution in [0.5, 0.6) is 0 Å².